The van der Waals surface area contributed by atoms with E-state index in [1.54, 1.807) is 4.90 Å². The Hall–Kier alpha value is -1.10. The van der Waals surface area contributed by atoms with E-state index in [1.807, 2.05) is 13.8 Å². The standard InChI is InChI=1S/C10H18N2O3/c1-8(2)15-7-10(14)12-5-3-4-11-9(13)6-12/h8H,3-7H2,1-2H3,(H,11,13). The average Bonchev–Trinajstić information content (AvgIpc) is 2.39. The van der Waals surface area contributed by atoms with Crippen molar-refractivity contribution in [2.45, 2.75) is 26.4 Å². The van der Waals surface area contributed by atoms with Crippen molar-refractivity contribution in [1.82, 2.24) is 10.2 Å². The molecule has 1 fully saturated rings. The first kappa shape index (κ1) is 12.0. The lowest BCUT2D eigenvalue weighted by molar-refractivity contribution is -0.140. The molecule has 1 heterocycles. The molecule has 1 N–H and O–H groups in total. The van der Waals surface area contributed by atoms with Gasteiger partial charge in [0.1, 0.15) is 6.61 Å². The maximum Gasteiger partial charge on any atom is 0.249 e. The van der Waals surface area contributed by atoms with Crippen molar-refractivity contribution in [1.29, 1.82) is 0 Å². The predicted octanol–water partition coefficient (Wildman–Crippen LogP) is -0.240. The zero-order valence-electron chi connectivity index (χ0n) is 9.28. The highest BCUT2D eigenvalue weighted by molar-refractivity contribution is 5.85. The van der Waals surface area contributed by atoms with Crippen LogP contribution in [0.25, 0.3) is 0 Å². The van der Waals surface area contributed by atoms with Crippen LogP contribution in [0.2, 0.25) is 0 Å². The predicted molar refractivity (Wildman–Crippen MR) is 55.3 cm³/mol. The molecule has 1 aliphatic rings. The summed E-state index contributed by atoms with van der Waals surface area (Å²) in [5.41, 5.74) is 0. The molecule has 86 valence electrons. The minimum atomic E-state index is -0.110. The van der Waals surface area contributed by atoms with Crippen LogP contribution in [0.5, 0.6) is 0 Å². The molecule has 0 aromatic rings. The summed E-state index contributed by atoms with van der Waals surface area (Å²) in [6.07, 6.45) is 0.842. The smallest absolute Gasteiger partial charge is 0.249 e. The van der Waals surface area contributed by atoms with E-state index in [-0.39, 0.29) is 31.1 Å². The number of hydrogen-bond donors (Lipinski definition) is 1. The Labute approximate surface area is 89.8 Å². The Kier molecular flexibility index (Phi) is 4.55. The Morgan fingerprint density at radius 1 is 1.60 bits per heavy atom. The number of rotatable bonds is 3. The second-order valence-electron chi connectivity index (χ2n) is 3.88. The molecule has 15 heavy (non-hydrogen) atoms. The van der Waals surface area contributed by atoms with E-state index in [0.717, 1.165) is 6.42 Å². The van der Waals surface area contributed by atoms with E-state index in [1.165, 1.54) is 0 Å². The van der Waals surface area contributed by atoms with Gasteiger partial charge in [-0.1, -0.05) is 0 Å². The van der Waals surface area contributed by atoms with Gasteiger partial charge in [-0.15, -0.1) is 0 Å². The average molecular weight is 214 g/mol. The lowest BCUT2D eigenvalue weighted by atomic mass is 10.4. The van der Waals surface area contributed by atoms with Gasteiger partial charge in [0.05, 0.1) is 12.6 Å². The van der Waals surface area contributed by atoms with Crippen molar-refractivity contribution < 1.29 is 14.3 Å². The lowest BCUT2D eigenvalue weighted by Gasteiger charge is -2.19. The van der Waals surface area contributed by atoms with E-state index >= 15 is 0 Å². The molecule has 5 nitrogen and oxygen atoms in total. The topological polar surface area (TPSA) is 58.6 Å². The van der Waals surface area contributed by atoms with Crippen molar-refractivity contribution in [3.05, 3.63) is 0 Å². The van der Waals surface area contributed by atoms with Crippen LogP contribution in [0, 0.1) is 0 Å². The van der Waals surface area contributed by atoms with Crippen LogP contribution in [0.3, 0.4) is 0 Å². The summed E-state index contributed by atoms with van der Waals surface area (Å²) in [5, 5.41) is 2.72. The van der Waals surface area contributed by atoms with Crippen LogP contribution in [-0.2, 0) is 14.3 Å². The minimum Gasteiger partial charge on any atom is -0.369 e. The quantitative estimate of drug-likeness (QED) is 0.705. The van der Waals surface area contributed by atoms with Crippen LogP contribution in [0.1, 0.15) is 20.3 Å². The molecule has 1 rings (SSSR count). The number of hydrogen-bond acceptors (Lipinski definition) is 3. The fraction of sp³-hybridized carbons (Fsp3) is 0.800. The molecule has 2 amide bonds. The molecule has 0 spiro atoms. The third-order valence-corrected chi connectivity index (χ3v) is 2.15. The first-order valence-electron chi connectivity index (χ1n) is 5.25. The van der Waals surface area contributed by atoms with Gasteiger partial charge in [-0.25, -0.2) is 0 Å². The van der Waals surface area contributed by atoms with Gasteiger partial charge in [-0.2, -0.15) is 0 Å². The third kappa shape index (κ3) is 4.29. The monoisotopic (exact) mass is 214 g/mol. The molecule has 0 aliphatic carbocycles. The molecule has 0 aromatic carbocycles. The van der Waals surface area contributed by atoms with E-state index in [2.05, 4.69) is 5.32 Å². The molecule has 0 bridgehead atoms. The van der Waals surface area contributed by atoms with Crippen molar-refractivity contribution in [2.75, 3.05) is 26.2 Å². The van der Waals surface area contributed by atoms with Crippen LogP contribution < -0.4 is 5.32 Å². The fourth-order valence-corrected chi connectivity index (χ4v) is 1.35. The van der Waals surface area contributed by atoms with Gasteiger partial charge < -0.3 is 15.0 Å². The highest BCUT2D eigenvalue weighted by atomic mass is 16.5. The second kappa shape index (κ2) is 5.70. The highest BCUT2D eigenvalue weighted by Crippen LogP contribution is 1.98. The van der Waals surface area contributed by atoms with Crippen LogP contribution in [-0.4, -0.2) is 49.1 Å². The minimum absolute atomic E-state index is 0.0368. The van der Waals surface area contributed by atoms with E-state index < -0.39 is 0 Å². The van der Waals surface area contributed by atoms with Crippen molar-refractivity contribution in [3.8, 4) is 0 Å². The van der Waals surface area contributed by atoms with Gasteiger partial charge in [0.15, 0.2) is 0 Å². The maximum atomic E-state index is 11.6. The largest absolute Gasteiger partial charge is 0.369 e. The summed E-state index contributed by atoms with van der Waals surface area (Å²) in [4.78, 5) is 24.4. The lowest BCUT2D eigenvalue weighted by Crippen LogP contribution is -2.39. The van der Waals surface area contributed by atoms with E-state index in [9.17, 15) is 9.59 Å². The number of nitrogens with zero attached hydrogens (tertiary/aromatic N) is 1. The number of carbonyl (C=O) groups excluding carboxylic acids is 2. The van der Waals surface area contributed by atoms with Gasteiger partial charge in [0, 0.05) is 13.1 Å². The molecular formula is C10H18N2O3. The summed E-state index contributed by atoms with van der Waals surface area (Å²) >= 11 is 0. The van der Waals surface area contributed by atoms with Crippen LogP contribution >= 0.6 is 0 Å². The van der Waals surface area contributed by atoms with Crippen LogP contribution in [0.15, 0.2) is 0 Å². The number of carbonyl (C=O) groups is 2. The summed E-state index contributed by atoms with van der Waals surface area (Å²) in [6.45, 7) is 5.24. The first-order valence-corrected chi connectivity index (χ1v) is 5.25. The summed E-state index contributed by atoms with van der Waals surface area (Å²) in [7, 11) is 0. The Morgan fingerprint density at radius 2 is 2.33 bits per heavy atom. The molecule has 0 radical (unpaired) electrons. The van der Waals surface area contributed by atoms with Gasteiger partial charge in [0.2, 0.25) is 11.8 Å². The summed E-state index contributed by atoms with van der Waals surface area (Å²) in [5.74, 6) is -0.203. The molecule has 0 aromatic heterocycles. The van der Waals surface area contributed by atoms with Gasteiger partial charge in [-0.3, -0.25) is 9.59 Å². The van der Waals surface area contributed by atoms with Gasteiger partial charge in [0.25, 0.3) is 0 Å². The zero-order valence-corrected chi connectivity index (χ0v) is 9.28. The van der Waals surface area contributed by atoms with Gasteiger partial charge >= 0.3 is 0 Å². The van der Waals surface area contributed by atoms with Crippen molar-refractivity contribution in [3.63, 3.8) is 0 Å². The number of nitrogens with one attached hydrogen (secondary N) is 1. The number of amides is 2. The molecule has 0 saturated carbocycles. The van der Waals surface area contributed by atoms with Crippen molar-refractivity contribution in [2.24, 2.45) is 0 Å². The normalized spacial score (nSPS) is 17.5. The third-order valence-electron chi connectivity index (χ3n) is 2.15. The molecule has 0 unspecified atom stereocenters. The Bertz CT molecular complexity index is 241. The van der Waals surface area contributed by atoms with E-state index in [0.29, 0.717) is 13.1 Å². The highest BCUT2D eigenvalue weighted by Gasteiger charge is 2.19. The molecule has 1 saturated heterocycles. The van der Waals surface area contributed by atoms with Crippen LogP contribution in [0.4, 0.5) is 0 Å². The molecule has 0 atom stereocenters. The van der Waals surface area contributed by atoms with Crippen molar-refractivity contribution >= 4 is 11.8 Å². The Balaban J connectivity index is 2.39. The first-order chi connectivity index (χ1) is 7.09. The molecular weight excluding hydrogens is 196 g/mol. The SMILES string of the molecule is CC(C)OCC(=O)N1CCCNC(=O)C1. The van der Waals surface area contributed by atoms with Gasteiger partial charge in [-0.05, 0) is 20.3 Å². The molecule has 1 aliphatic heterocycles. The molecule has 5 heteroatoms. The maximum absolute atomic E-state index is 11.6. The summed E-state index contributed by atoms with van der Waals surface area (Å²) in [6, 6.07) is 0. The fourth-order valence-electron chi connectivity index (χ4n) is 1.35. The second-order valence-corrected chi connectivity index (χ2v) is 3.88. The van der Waals surface area contributed by atoms with E-state index in [4.69, 9.17) is 4.74 Å². The summed E-state index contributed by atoms with van der Waals surface area (Å²) < 4.78 is 5.21. The Morgan fingerprint density at radius 3 is 3.00 bits per heavy atom. The number of ether oxygens (including phenoxy) is 1. The zero-order chi connectivity index (χ0) is 11.3.